The van der Waals surface area contributed by atoms with Crippen LogP contribution in [0, 0.1) is 56.7 Å². The van der Waals surface area contributed by atoms with Gasteiger partial charge in [0, 0.05) is 12.6 Å². The van der Waals surface area contributed by atoms with E-state index in [0.29, 0.717) is 23.7 Å². The summed E-state index contributed by atoms with van der Waals surface area (Å²) in [4.78, 5) is 32.0. The van der Waals surface area contributed by atoms with Crippen molar-refractivity contribution in [3.05, 3.63) is 12.2 Å². The second-order valence-corrected chi connectivity index (χ2v) is 17.7. The molecule has 0 aromatic rings. The molecule has 0 radical (unpaired) electrons. The lowest BCUT2D eigenvalue weighted by Gasteiger charge is -2.73. The van der Waals surface area contributed by atoms with Gasteiger partial charge in [0.25, 0.3) is 0 Å². The molecule has 1 aliphatic heterocycles. The highest BCUT2D eigenvalue weighted by atomic mass is 16.7. The molecule has 0 spiro atoms. The summed E-state index contributed by atoms with van der Waals surface area (Å²) in [7, 11) is 1.63. The van der Waals surface area contributed by atoms with Crippen molar-refractivity contribution >= 4 is 11.9 Å². The molecule has 0 bridgehead atoms. The Morgan fingerprint density at radius 3 is 2.21 bits per heavy atom. The molecule has 5 aliphatic carbocycles. The van der Waals surface area contributed by atoms with Crippen LogP contribution in [-0.2, 0) is 19.2 Å². The molecule has 4 unspecified atom stereocenters. The van der Waals surface area contributed by atoms with E-state index in [1.54, 1.807) is 12.2 Å². The van der Waals surface area contributed by atoms with Crippen molar-refractivity contribution in [1.82, 2.24) is 10.4 Å². The lowest BCUT2D eigenvalue weighted by atomic mass is 9.32. The van der Waals surface area contributed by atoms with Crippen LogP contribution in [0.1, 0.15) is 146 Å². The Labute approximate surface area is 293 Å². The summed E-state index contributed by atoms with van der Waals surface area (Å²) in [5.41, 5.74) is 1.10. The predicted octanol–water partition coefficient (Wildman–Crippen LogP) is 9.27. The Morgan fingerprint density at radius 1 is 0.896 bits per heavy atom. The van der Waals surface area contributed by atoms with E-state index >= 15 is 0 Å². The van der Waals surface area contributed by atoms with Crippen LogP contribution in [-0.4, -0.2) is 54.6 Å². The molecule has 276 valence electrons. The van der Waals surface area contributed by atoms with Gasteiger partial charge in [0.2, 0.25) is 5.91 Å². The van der Waals surface area contributed by atoms with Crippen LogP contribution in [0.2, 0.25) is 0 Å². The monoisotopic (exact) mass is 673 g/mol. The zero-order chi connectivity index (χ0) is 34.6. The standard InChI is InChI=1S/C38H62N2O5.C2H6.CH4/c1-24(2)25-14-19-38(33(42)43)21-20-36(6)26(32(25)38)12-13-28-35(5)17-16-29(34(3,4)27(35)15-18-37(28,36)7)39-30(41)23-40(44-8)31-11-9-10-22-45-31;1-2;/h25-29,31-32H,1,9-23H2,2-8H3,(H,39,41)(H,42,43);1-2H3;1H4/t25-,26?,27?,28?,29-,31+,32?,35-,36+,37+,38-;;/m0../s1. The number of aliphatic carboxylic acids is 1. The molecule has 7 nitrogen and oxygen atoms in total. The van der Waals surface area contributed by atoms with Crippen LogP contribution in [0.3, 0.4) is 0 Å². The Kier molecular flexibility index (Phi) is 11.7. The Balaban J connectivity index is 0.00000170. The van der Waals surface area contributed by atoms with Crippen molar-refractivity contribution in [3.8, 4) is 0 Å². The zero-order valence-corrected chi connectivity index (χ0v) is 31.4. The molecule has 5 saturated carbocycles. The third-order valence-corrected chi connectivity index (χ3v) is 15.9. The number of hydrogen-bond donors (Lipinski definition) is 2. The Hall–Kier alpha value is -1.44. The largest absolute Gasteiger partial charge is 0.481 e. The minimum atomic E-state index is -0.572. The van der Waals surface area contributed by atoms with Crippen LogP contribution >= 0.6 is 0 Å². The van der Waals surface area contributed by atoms with E-state index < -0.39 is 11.4 Å². The third-order valence-electron chi connectivity index (χ3n) is 15.9. The third kappa shape index (κ3) is 5.91. The van der Waals surface area contributed by atoms with Gasteiger partial charge in [-0.2, -0.15) is 5.06 Å². The number of carbonyl (C=O) groups is 2. The molecule has 48 heavy (non-hydrogen) atoms. The number of rotatable bonds is 7. The molecule has 6 aliphatic rings. The molecule has 1 saturated heterocycles. The van der Waals surface area contributed by atoms with Gasteiger partial charge in [-0.05, 0) is 142 Å². The van der Waals surface area contributed by atoms with E-state index in [4.69, 9.17) is 9.57 Å². The number of carboxylic acid groups (broad SMARTS) is 1. The van der Waals surface area contributed by atoms with Gasteiger partial charge < -0.3 is 15.2 Å². The molecule has 1 amide bonds. The fourth-order valence-electron chi connectivity index (χ4n) is 13.4. The van der Waals surface area contributed by atoms with Crippen molar-refractivity contribution < 1.29 is 24.3 Å². The quantitative estimate of drug-likeness (QED) is 0.207. The molecule has 1 heterocycles. The van der Waals surface area contributed by atoms with Crippen LogP contribution < -0.4 is 5.32 Å². The summed E-state index contributed by atoms with van der Waals surface area (Å²) < 4.78 is 5.90. The normalized spacial score (nSPS) is 44.3. The number of hydrogen-bond acceptors (Lipinski definition) is 5. The molecule has 11 atom stereocenters. The van der Waals surface area contributed by atoms with Gasteiger partial charge in [0.15, 0.2) is 0 Å². The van der Waals surface area contributed by atoms with Crippen molar-refractivity contribution in [2.45, 2.75) is 159 Å². The smallest absolute Gasteiger partial charge is 0.309 e. The van der Waals surface area contributed by atoms with E-state index in [1.807, 2.05) is 13.8 Å². The second-order valence-electron chi connectivity index (χ2n) is 17.7. The summed E-state index contributed by atoms with van der Waals surface area (Å²) >= 11 is 0. The first-order chi connectivity index (χ1) is 22.2. The van der Waals surface area contributed by atoms with Gasteiger partial charge in [0.1, 0.15) is 12.8 Å². The minimum absolute atomic E-state index is 0. The second kappa shape index (κ2) is 14.3. The molecular weight excluding hydrogens is 600 g/mol. The molecule has 6 fully saturated rings. The Bertz CT molecular complexity index is 1180. The van der Waals surface area contributed by atoms with E-state index in [1.165, 1.54) is 24.8 Å². The number of carbonyl (C=O) groups excluding carboxylic acids is 1. The van der Waals surface area contributed by atoms with Crippen molar-refractivity contribution in [2.75, 3.05) is 20.3 Å². The topological polar surface area (TPSA) is 88.1 Å². The molecule has 0 aromatic heterocycles. The number of hydroxylamine groups is 2. The van der Waals surface area contributed by atoms with Gasteiger partial charge in [0.05, 0.1) is 12.5 Å². The molecular formula is C41H72N2O5. The minimum Gasteiger partial charge on any atom is -0.481 e. The fourth-order valence-corrected chi connectivity index (χ4v) is 13.4. The fraction of sp³-hybridized carbons (Fsp3) is 0.902. The first-order valence-electron chi connectivity index (χ1n) is 19.3. The number of amides is 1. The summed E-state index contributed by atoms with van der Waals surface area (Å²) in [6, 6.07) is 0.131. The van der Waals surface area contributed by atoms with Gasteiger partial charge in [-0.1, -0.05) is 68.0 Å². The van der Waals surface area contributed by atoms with Crippen LogP contribution in [0.25, 0.3) is 0 Å². The van der Waals surface area contributed by atoms with Crippen molar-refractivity contribution in [1.29, 1.82) is 0 Å². The zero-order valence-electron chi connectivity index (χ0n) is 31.4. The highest BCUT2D eigenvalue weighted by Gasteiger charge is 2.72. The maximum atomic E-state index is 13.4. The van der Waals surface area contributed by atoms with Gasteiger partial charge in [-0.15, -0.1) is 0 Å². The highest BCUT2D eigenvalue weighted by molar-refractivity contribution is 5.78. The van der Waals surface area contributed by atoms with Gasteiger partial charge >= 0.3 is 5.97 Å². The Morgan fingerprint density at radius 2 is 1.60 bits per heavy atom. The number of carboxylic acids is 1. The van der Waals surface area contributed by atoms with Crippen LogP contribution in [0.15, 0.2) is 12.2 Å². The summed E-state index contributed by atoms with van der Waals surface area (Å²) in [5.74, 6) is 1.58. The SMILES string of the molecule is C.C=C(C)[C@@H]1CC[C@]2(C(=O)O)CC[C@]3(C)C(CCC4[C@@]5(C)CC[C@H](NC(=O)CN(OC)[C@H]6CCCCO6)C(C)(C)C5CC[C@]43C)C12.CC. The highest BCUT2D eigenvalue weighted by Crippen LogP contribution is 2.77. The van der Waals surface area contributed by atoms with E-state index in [2.05, 4.69) is 53.4 Å². The molecule has 6 rings (SSSR count). The number of fused-ring (bicyclic) bond motifs is 7. The van der Waals surface area contributed by atoms with Crippen LogP contribution in [0.4, 0.5) is 0 Å². The lowest BCUT2D eigenvalue weighted by molar-refractivity contribution is -0.246. The summed E-state index contributed by atoms with van der Waals surface area (Å²) in [6.45, 7) is 24.0. The predicted molar refractivity (Wildman–Crippen MR) is 194 cm³/mol. The molecule has 0 aromatic carbocycles. The summed E-state index contributed by atoms with van der Waals surface area (Å²) in [6.07, 6.45) is 13.3. The average Bonchev–Trinajstić information content (AvgIpc) is 3.45. The first kappa shape index (κ1) is 39.3. The number of ether oxygens (including phenoxy) is 1. The molecule has 2 N–H and O–H groups in total. The average molecular weight is 673 g/mol. The first-order valence-corrected chi connectivity index (χ1v) is 19.3. The number of allylic oxidation sites excluding steroid dienone is 1. The molecule has 7 heteroatoms. The van der Waals surface area contributed by atoms with Gasteiger partial charge in [-0.25, -0.2) is 0 Å². The maximum Gasteiger partial charge on any atom is 0.309 e. The van der Waals surface area contributed by atoms with Crippen LogP contribution in [0.5, 0.6) is 0 Å². The van der Waals surface area contributed by atoms with Crippen molar-refractivity contribution in [3.63, 3.8) is 0 Å². The van der Waals surface area contributed by atoms with E-state index in [9.17, 15) is 14.7 Å². The van der Waals surface area contributed by atoms with Gasteiger partial charge in [-0.3, -0.25) is 14.4 Å². The summed E-state index contributed by atoms with van der Waals surface area (Å²) in [5, 5.41) is 15.8. The van der Waals surface area contributed by atoms with E-state index in [0.717, 1.165) is 70.8 Å². The van der Waals surface area contributed by atoms with E-state index in [-0.39, 0.29) is 59.7 Å². The number of nitrogens with one attached hydrogen (secondary N) is 1. The number of nitrogens with zero attached hydrogens (tertiary/aromatic N) is 1. The van der Waals surface area contributed by atoms with Crippen molar-refractivity contribution in [2.24, 2.45) is 56.7 Å². The maximum absolute atomic E-state index is 13.4. The lowest BCUT2D eigenvalue weighted by Crippen LogP contribution is -2.68.